The lowest BCUT2D eigenvalue weighted by Gasteiger charge is -2.35. The first-order chi connectivity index (χ1) is 21.9. The summed E-state index contributed by atoms with van der Waals surface area (Å²) in [5.74, 6) is 0.300. The van der Waals surface area contributed by atoms with Crippen LogP contribution in [0.1, 0.15) is 68.4 Å². The van der Waals surface area contributed by atoms with Crippen LogP contribution in [-0.2, 0) is 9.53 Å². The number of anilines is 1. The summed E-state index contributed by atoms with van der Waals surface area (Å²) in [7, 11) is 1.61. The van der Waals surface area contributed by atoms with Gasteiger partial charge in [0.2, 0.25) is 5.91 Å². The van der Waals surface area contributed by atoms with Gasteiger partial charge in [-0.2, -0.15) is 0 Å². The number of H-pyrrole nitrogens is 1. The maximum Gasteiger partial charge on any atom is 0.410 e. The monoisotopic (exact) mass is 634 g/mol. The highest BCUT2D eigenvalue weighted by Gasteiger charge is 2.30. The number of aryl methyl sites for hydroxylation is 1. The van der Waals surface area contributed by atoms with Gasteiger partial charge in [0, 0.05) is 63.0 Å². The van der Waals surface area contributed by atoms with Crippen LogP contribution >= 0.6 is 0 Å². The van der Waals surface area contributed by atoms with Crippen LogP contribution < -0.4 is 21.1 Å². The van der Waals surface area contributed by atoms with E-state index in [1.165, 1.54) is 0 Å². The molecular weight excluding hydrogens is 588 g/mol. The number of fused-ring (bicyclic) bond motifs is 1. The van der Waals surface area contributed by atoms with Gasteiger partial charge in [0.25, 0.3) is 5.91 Å². The molecule has 3 amide bonds. The second-order valence-corrected chi connectivity index (χ2v) is 13.2. The van der Waals surface area contributed by atoms with Crippen LogP contribution in [0.3, 0.4) is 0 Å². The van der Waals surface area contributed by atoms with Crippen LogP contribution in [-0.4, -0.2) is 89.2 Å². The van der Waals surface area contributed by atoms with E-state index in [9.17, 15) is 19.2 Å². The summed E-state index contributed by atoms with van der Waals surface area (Å²) in [5.41, 5.74) is 2.55. The maximum absolute atomic E-state index is 13.2. The zero-order chi connectivity index (χ0) is 33.0. The molecule has 12 nitrogen and oxygen atoms in total. The van der Waals surface area contributed by atoms with E-state index in [1.807, 2.05) is 52.0 Å². The molecule has 2 aromatic carbocycles. The quantitative estimate of drug-likeness (QED) is 0.336. The summed E-state index contributed by atoms with van der Waals surface area (Å²) in [6, 6.07) is 10.9. The van der Waals surface area contributed by atoms with Crippen molar-refractivity contribution < 1.29 is 23.9 Å². The second kappa shape index (κ2) is 14.0. The molecule has 2 fully saturated rings. The van der Waals surface area contributed by atoms with Crippen molar-refractivity contribution in [3.63, 3.8) is 0 Å². The number of aromatic amines is 1. The molecule has 5 rings (SSSR count). The Balaban J connectivity index is 1.14. The maximum atomic E-state index is 13.2. The molecule has 3 N–H and O–H groups in total. The SMILES string of the molecule is COc1cc(NC(=O)C2CCC(n3c(=O)[nH]c4c(C(=O)NCCN5CCN(C(=O)OC(C)(C)C)CC5)cccc43)CC2)ccc1C. The van der Waals surface area contributed by atoms with Crippen molar-refractivity contribution in [2.45, 2.75) is 65.0 Å². The summed E-state index contributed by atoms with van der Waals surface area (Å²) >= 11 is 0. The predicted octanol–water partition coefficient (Wildman–Crippen LogP) is 4.30. The van der Waals surface area contributed by atoms with Gasteiger partial charge in [0.05, 0.1) is 23.7 Å². The number of aromatic nitrogens is 2. The molecular formula is C34H46N6O6. The number of nitrogens with zero attached hydrogens (tertiary/aromatic N) is 3. The van der Waals surface area contributed by atoms with E-state index in [0.29, 0.717) is 87.2 Å². The molecule has 248 valence electrons. The molecule has 0 bridgehead atoms. The number of amides is 3. The van der Waals surface area contributed by atoms with Crippen LogP contribution in [0.4, 0.5) is 10.5 Å². The van der Waals surface area contributed by atoms with Crippen molar-refractivity contribution in [3.8, 4) is 5.75 Å². The van der Waals surface area contributed by atoms with Gasteiger partial charge in [0.15, 0.2) is 0 Å². The summed E-state index contributed by atoms with van der Waals surface area (Å²) in [5, 5.41) is 6.00. The fourth-order valence-electron chi connectivity index (χ4n) is 6.34. The van der Waals surface area contributed by atoms with Crippen LogP contribution in [0.25, 0.3) is 11.0 Å². The first-order valence-corrected chi connectivity index (χ1v) is 16.1. The normalized spacial score (nSPS) is 19.1. The van der Waals surface area contributed by atoms with E-state index < -0.39 is 5.60 Å². The number of rotatable bonds is 8. The number of methoxy groups -OCH3 is 1. The molecule has 3 aromatic rings. The molecule has 1 aliphatic heterocycles. The Morgan fingerprint density at radius 2 is 1.72 bits per heavy atom. The molecule has 0 atom stereocenters. The number of hydrogen-bond acceptors (Lipinski definition) is 7. The van der Waals surface area contributed by atoms with E-state index in [-0.39, 0.29) is 35.6 Å². The van der Waals surface area contributed by atoms with Crippen LogP contribution in [0.15, 0.2) is 41.2 Å². The van der Waals surface area contributed by atoms with Crippen molar-refractivity contribution in [1.82, 2.24) is 24.7 Å². The second-order valence-electron chi connectivity index (χ2n) is 13.2. The average molecular weight is 635 g/mol. The first kappa shape index (κ1) is 33.1. The number of carbonyl (C=O) groups excluding carboxylic acids is 3. The third kappa shape index (κ3) is 7.72. The molecule has 12 heteroatoms. The third-order valence-electron chi connectivity index (χ3n) is 8.84. The molecule has 0 radical (unpaired) electrons. The molecule has 0 unspecified atom stereocenters. The minimum atomic E-state index is -0.526. The lowest BCUT2D eigenvalue weighted by Crippen LogP contribution is -2.51. The largest absolute Gasteiger partial charge is 0.496 e. The van der Waals surface area contributed by atoms with Gasteiger partial charge in [0.1, 0.15) is 11.4 Å². The highest BCUT2D eigenvalue weighted by molar-refractivity contribution is 6.05. The zero-order valence-electron chi connectivity index (χ0n) is 27.5. The molecule has 46 heavy (non-hydrogen) atoms. The number of para-hydroxylation sites is 1. The van der Waals surface area contributed by atoms with E-state index in [4.69, 9.17) is 9.47 Å². The minimum Gasteiger partial charge on any atom is -0.496 e. The van der Waals surface area contributed by atoms with Gasteiger partial charge in [-0.25, -0.2) is 9.59 Å². The highest BCUT2D eigenvalue weighted by atomic mass is 16.6. The summed E-state index contributed by atoms with van der Waals surface area (Å²) in [6.07, 6.45) is 2.38. The van der Waals surface area contributed by atoms with Gasteiger partial charge in [-0.1, -0.05) is 12.1 Å². The summed E-state index contributed by atoms with van der Waals surface area (Å²) in [6.45, 7) is 11.2. The molecule has 1 aromatic heterocycles. The molecule has 0 spiro atoms. The number of hydrogen-bond donors (Lipinski definition) is 3. The zero-order valence-corrected chi connectivity index (χ0v) is 27.5. The van der Waals surface area contributed by atoms with Gasteiger partial charge >= 0.3 is 11.8 Å². The molecule has 1 saturated carbocycles. The molecule has 1 saturated heterocycles. The Morgan fingerprint density at radius 1 is 1.00 bits per heavy atom. The molecule has 2 aliphatic rings. The van der Waals surface area contributed by atoms with Crippen molar-refractivity contribution in [1.29, 1.82) is 0 Å². The van der Waals surface area contributed by atoms with Gasteiger partial charge in [-0.15, -0.1) is 0 Å². The van der Waals surface area contributed by atoms with Crippen molar-refractivity contribution in [2.75, 3.05) is 51.7 Å². The number of carbonyl (C=O) groups is 3. The van der Waals surface area contributed by atoms with Crippen LogP contribution in [0, 0.1) is 12.8 Å². The average Bonchev–Trinajstić information content (AvgIpc) is 3.37. The lowest BCUT2D eigenvalue weighted by molar-refractivity contribution is -0.121. The Bertz CT molecular complexity index is 1620. The Morgan fingerprint density at radius 3 is 2.39 bits per heavy atom. The van der Waals surface area contributed by atoms with E-state index in [1.54, 1.807) is 28.7 Å². The van der Waals surface area contributed by atoms with Crippen molar-refractivity contribution >= 4 is 34.6 Å². The Kier molecular flexibility index (Phi) is 10.0. The first-order valence-electron chi connectivity index (χ1n) is 16.1. The highest BCUT2D eigenvalue weighted by Crippen LogP contribution is 2.34. The van der Waals surface area contributed by atoms with Gasteiger partial charge < -0.3 is 30.0 Å². The smallest absolute Gasteiger partial charge is 0.410 e. The number of benzene rings is 2. The van der Waals surface area contributed by atoms with Crippen molar-refractivity contribution in [2.24, 2.45) is 5.92 Å². The number of imidazole rings is 1. The number of ether oxygens (including phenoxy) is 2. The van der Waals surface area contributed by atoms with Gasteiger partial charge in [-0.05, 0) is 77.1 Å². The van der Waals surface area contributed by atoms with Crippen molar-refractivity contribution in [3.05, 3.63) is 58.0 Å². The Labute approximate surface area is 269 Å². The molecule has 1 aliphatic carbocycles. The summed E-state index contributed by atoms with van der Waals surface area (Å²) < 4.78 is 12.6. The number of piperazine rings is 1. The standard InChI is InChI=1S/C34H46N6O6/c1-22-9-12-24(21-28(22)45-5)36-30(41)23-10-13-25(14-11-23)40-27-8-6-7-26(29(27)37-32(40)43)31(42)35-15-16-38-17-19-39(20-18-38)33(44)46-34(2,3)4/h6-9,12,21,23,25H,10-11,13-20H2,1-5H3,(H,35,42)(H,36,41)(H,37,43). The van der Waals surface area contributed by atoms with Crippen LogP contribution in [0.5, 0.6) is 5.75 Å². The summed E-state index contributed by atoms with van der Waals surface area (Å²) in [4.78, 5) is 58.6. The lowest BCUT2D eigenvalue weighted by atomic mass is 9.85. The van der Waals surface area contributed by atoms with Crippen LogP contribution in [0.2, 0.25) is 0 Å². The number of nitrogens with one attached hydrogen (secondary N) is 3. The van der Waals surface area contributed by atoms with E-state index >= 15 is 0 Å². The third-order valence-corrected chi connectivity index (χ3v) is 8.84. The minimum absolute atomic E-state index is 0.0282. The fraction of sp³-hybridized carbons (Fsp3) is 0.529. The van der Waals surface area contributed by atoms with E-state index in [0.717, 1.165) is 11.3 Å². The fourth-order valence-corrected chi connectivity index (χ4v) is 6.34. The van der Waals surface area contributed by atoms with Gasteiger partial charge in [-0.3, -0.25) is 19.1 Å². The molecule has 2 heterocycles. The Hall–Kier alpha value is -4.32. The predicted molar refractivity (Wildman–Crippen MR) is 176 cm³/mol. The topological polar surface area (TPSA) is 138 Å². The van der Waals surface area contributed by atoms with E-state index in [2.05, 4.69) is 20.5 Å².